The zero-order chi connectivity index (χ0) is 15.7. The number of esters is 1. The molecule has 5 nitrogen and oxygen atoms in total. The van der Waals surface area contributed by atoms with E-state index >= 15 is 0 Å². The molecule has 0 N–H and O–H groups in total. The number of ether oxygens (including phenoxy) is 1. The molecule has 0 radical (unpaired) electrons. The molecule has 1 saturated carbocycles. The molecule has 1 aromatic rings. The molecule has 0 aliphatic heterocycles. The molecular formula is C16H24N2O3. The fraction of sp³-hybridized carbons (Fsp3) is 0.625. The third kappa shape index (κ3) is 3.02. The number of carbonyl (C=O) groups is 2. The van der Waals surface area contributed by atoms with Crippen LogP contribution in [0, 0.1) is 13.8 Å². The van der Waals surface area contributed by atoms with Crippen molar-refractivity contribution in [3.8, 4) is 0 Å². The van der Waals surface area contributed by atoms with Gasteiger partial charge < -0.3 is 14.2 Å². The van der Waals surface area contributed by atoms with Crippen molar-refractivity contribution in [2.24, 2.45) is 0 Å². The summed E-state index contributed by atoms with van der Waals surface area (Å²) >= 11 is 0. The molecule has 1 aliphatic carbocycles. The molecule has 0 amide bonds. The molecule has 0 atom stereocenters. The maximum absolute atomic E-state index is 12.6. The first-order chi connectivity index (χ1) is 9.88. The summed E-state index contributed by atoms with van der Waals surface area (Å²) in [6.07, 6.45) is 2.22. The van der Waals surface area contributed by atoms with Gasteiger partial charge in [0, 0.05) is 17.4 Å². The second-order valence-electron chi connectivity index (χ2n) is 5.90. The minimum Gasteiger partial charge on any atom is -0.462 e. The lowest BCUT2D eigenvalue weighted by molar-refractivity contribution is 0.0522. The fourth-order valence-corrected chi connectivity index (χ4v) is 2.90. The van der Waals surface area contributed by atoms with Crippen molar-refractivity contribution >= 4 is 11.8 Å². The largest absolute Gasteiger partial charge is 0.462 e. The molecule has 0 unspecified atom stereocenters. The van der Waals surface area contributed by atoms with Crippen LogP contribution >= 0.6 is 0 Å². The minimum absolute atomic E-state index is 0.0250. The van der Waals surface area contributed by atoms with Crippen molar-refractivity contribution in [2.75, 3.05) is 27.2 Å². The number of Topliss-reactive ketones (excluding diaryl/α,β-unsaturated/α-hetero) is 1. The zero-order valence-corrected chi connectivity index (χ0v) is 13.5. The maximum atomic E-state index is 12.6. The Kier molecular flexibility index (Phi) is 4.52. The predicted molar refractivity (Wildman–Crippen MR) is 81.0 cm³/mol. The number of aromatic nitrogens is 1. The van der Waals surface area contributed by atoms with Crippen molar-refractivity contribution in [2.45, 2.75) is 39.7 Å². The minimum atomic E-state index is -0.389. The number of ketones is 1. The Balaban J connectivity index is 2.52. The molecule has 0 saturated heterocycles. The lowest BCUT2D eigenvalue weighted by atomic mass is 10.0. The summed E-state index contributed by atoms with van der Waals surface area (Å²) in [4.78, 5) is 26.7. The molecule has 116 valence electrons. The number of carbonyl (C=O) groups excluding carboxylic acids is 2. The van der Waals surface area contributed by atoms with Gasteiger partial charge in [-0.3, -0.25) is 4.79 Å². The number of nitrogens with zero attached hydrogens (tertiary/aromatic N) is 2. The summed E-state index contributed by atoms with van der Waals surface area (Å²) in [5.74, 6) is -0.414. The summed E-state index contributed by atoms with van der Waals surface area (Å²) in [5, 5.41) is 0. The SMILES string of the molecule is CCOC(=O)c1c(C(=O)CN(C)C)c(C)n(C2CC2)c1C. The van der Waals surface area contributed by atoms with E-state index in [1.165, 1.54) is 0 Å². The van der Waals surface area contributed by atoms with Gasteiger partial charge in [-0.05, 0) is 47.7 Å². The van der Waals surface area contributed by atoms with Crippen LogP contribution in [0.5, 0.6) is 0 Å². The van der Waals surface area contributed by atoms with Crippen LogP contribution in [0.4, 0.5) is 0 Å². The molecule has 1 heterocycles. The van der Waals surface area contributed by atoms with Crippen LogP contribution in [-0.2, 0) is 4.74 Å². The Bertz CT molecular complexity index is 569. The highest BCUT2D eigenvalue weighted by molar-refractivity contribution is 6.09. The van der Waals surface area contributed by atoms with Crippen molar-refractivity contribution < 1.29 is 14.3 Å². The molecule has 1 aromatic heterocycles. The summed E-state index contributed by atoms with van der Waals surface area (Å²) in [7, 11) is 3.70. The van der Waals surface area contributed by atoms with Crippen molar-refractivity contribution in [1.82, 2.24) is 9.47 Å². The first-order valence-corrected chi connectivity index (χ1v) is 7.44. The van der Waals surface area contributed by atoms with Gasteiger partial charge in [-0.1, -0.05) is 0 Å². The summed E-state index contributed by atoms with van der Waals surface area (Å²) in [6, 6.07) is 0.430. The van der Waals surface area contributed by atoms with Gasteiger partial charge in [0.1, 0.15) is 0 Å². The van der Waals surface area contributed by atoms with Gasteiger partial charge in [0.25, 0.3) is 0 Å². The first-order valence-electron chi connectivity index (χ1n) is 7.44. The molecule has 21 heavy (non-hydrogen) atoms. The lowest BCUT2D eigenvalue weighted by Gasteiger charge is -2.10. The highest BCUT2D eigenvalue weighted by atomic mass is 16.5. The van der Waals surface area contributed by atoms with Gasteiger partial charge in [-0.25, -0.2) is 4.79 Å². The number of hydrogen-bond donors (Lipinski definition) is 0. The van der Waals surface area contributed by atoms with E-state index < -0.39 is 0 Å². The number of rotatable bonds is 6. The van der Waals surface area contributed by atoms with Crippen LogP contribution in [0.3, 0.4) is 0 Å². The van der Waals surface area contributed by atoms with Crippen molar-refractivity contribution in [3.05, 3.63) is 22.5 Å². The van der Waals surface area contributed by atoms with Gasteiger partial charge in [-0.15, -0.1) is 0 Å². The molecular weight excluding hydrogens is 268 g/mol. The Morgan fingerprint density at radius 3 is 2.24 bits per heavy atom. The Morgan fingerprint density at radius 2 is 1.76 bits per heavy atom. The van der Waals surface area contributed by atoms with Crippen LogP contribution in [0.1, 0.15) is 57.9 Å². The third-order valence-corrected chi connectivity index (χ3v) is 3.83. The molecule has 1 fully saturated rings. The van der Waals surface area contributed by atoms with Crippen LogP contribution in [-0.4, -0.2) is 48.5 Å². The van der Waals surface area contributed by atoms with Crippen LogP contribution in [0.15, 0.2) is 0 Å². The zero-order valence-electron chi connectivity index (χ0n) is 13.5. The van der Waals surface area contributed by atoms with Gasteiger partial charge in [-0.2, -0.15) is 0 Å². The number of hydrogen-bond acceptors (Lipinski definition) is 4. The Labute approximate surface area is 125 Å². The van der Waals surface area contributed by atoms with E-state index in [1.807, 2.05) is 32.8 Å². The normalized spacial score (nSPS) is 14.6. The topological polar surface area (TPSA) is 51.5 Å². The third-order valence-electron chi connectivity index (χ3n) is 3.83. The van der Waals surface area contributed by atoms with E-state index in [1.54, 1.807) is 6.92 Å². The molecule has 5 heteroatoms. The lowest BCUT2D eigenvalue weighted by Crippen LogP contribution is -2.24. The summed E-state index contributed by atoms with van der Waals surface area (Å²) in [6.45, 7) is 6.22. The first kappa shape index (κ1) is 15.8. The average molecular weight is 292 g/mol. The van der Waals surface area contributed by atoms with Gasteiger partial charge in [0.2, 0.25) is 0 Å². The maximum Gasteiger partial charge on any atom is 0.340 e. The van der Waals surface area contributed by atoms with Crippen LogP contribution in [0.2, 0.25) is 0 Å². The quantitative estimate of drug-likeness (QED) is 0.596. The van der Waals surface area contributed by atoms with E-state index in [-0.39, 0.29) is 11.8 Å². The van der Waals surface area contributed by atoms with Gasteiger partial charge in [0.15, 0.2) is 5.78 Å². The standard InChI is InChI=1S/C16H24N2O3/c1-6-21-16(20)15-11(3)18(12-7-8-12)10(2)14(15)13(19)9-17(4)5/h12H,6-9H2,1-5H3. The molecule has 0 spiro atoms. The van der Waals surface area contributed by atoms with Gasteiger partial charge >= 0.3 is 5.97 Å². The number of likely N-dealkylation sites (N-methyl/N-ethyl adjacent to an activating group) is 1. The molecule has 2 rings (SSSR count). The summed E-state index contributed by atoms with van der Waals surface area (Å²) < 4.78 is 7.29. The molecule has 1 aliphatic rings. The fourth-order valence-electron chi connectivity index (χ4n) is 2.90. The average Bonchev–Trinajstić information content (AvgIpc) is 3.15. The second kappa shape index (κ2) is 6.02. The van der Waals surface area contributed by atoms with Crippen molar-refractivity contribution in [1.29, 1.82) is 0 Å². The van der Waals surface area contributed by atoms with E-state index in [9.17, 15) is 9.59 Å². The second-order valence-corrected chi connectivity index (χ2v) is 5.90. The Morgan fingerprint density at radius 1 is 1.19 bits per heavy atom. The van der Waals surface area contributed by atoms with E-state index in [0.29, 0.717) is 30.3 Å². The predicted octanol–water partition coefficient (Wildman–Crippen LogP) is 2.36. The van der Waals surface area contributed by atoms with E-state index in [4.69, 9.17) is 4.74 Å². The van der Waals surface area contributed by atoms with Crippen LogP contribution < -0.4 is 0 Å². The highest BCUT2D eigenvalue weighted by Gasteiger charge is 2.34. The van der Waals surface area contributed by atoms with E-state index in [0.717, 1.165) is 24.2 Å². The van der Waals surface area contributed by atoms with Crippen molar-refractivity contribution in [3.63, 3.8) is 0 Å². The highest BCUT2D eigenvalue weighted by Crippen LogP contribution is 2.40. The molecule has 0 aromatic carbocycles. The summed E-state index contributed by atoms with van der Waals surface area (Å²) in [5.41, 5.74) is 2.74. The van der Waals surface area contributed by atoms with Crippen LogP contribution in [0.25, 0.3) is 0 Å². The van der Waals surface area contributed by atoms with E-state index in [2.05, 4.69) is 4.57 Å². The van der Waals surface area contributed by atoms with Gasteiger partial charge in [0.05, 0.1) is 24.3 Å². The monoisotopic (exact) mass is 292 g/mol. The Hall–Kier alpha value is -1.62. The smallest absolute Gasteiger partial charge is 0.340 e. The molecule has 0 bridgehead atoms.